The number of para-hydroxylation sites is 1. The van der Waals surface area contributed by atoms with Crippen molar-refractivity contribution in [3.8, 4) is 5.69 Å². The number of benzene rings is 1. The number of hydrogen-bond acceptors (Lipinski definition) is 7. The van der Waals surface area contributed by atoms with Crippen LogP contribution >= 0.6 is 23.1 Å². The van der Waals surface area contributed by atoms with Gasteiger partial charge in [-0.2, -0.15) is 0 Å². The van der Waals surface area contributed by atoms with Gasteiger partial charge in [0.05, 0.1) is 23.4 Å². The number of aliphatic hydroxyl groups excluding tert-OH is 1. The van der Waals surface area contributed by atoms with Crippen molar-refractivity contribution in [2.45, 2.75) is 24.4 Å². The fourth-order valence-corrected chi connectivity index (χ4v) is 6.72. The maximum atomic E-state index is 13.6. The Morgan fingerprint density at radius 1 is 1.12 bits per heavy atom. The average molecular weight is 471 g/mol. The molecule has 1 amide bonds. The molecule has 2 aromatic heterocycles. The molecule has 0 bridgehead atoms. The number of rotatable bonds is 6. The zero-order valence-electron chi connectivity index (χ0n) is 17.8. The molecule has 0 saturated carbocycles. The van der Waals surface area contributed by atoms with E-state index in [-0.39, 0.29) is 23.8 Å². The third-order valence-corrected chi connectivity index (χ3v) is 8.30. The van der Waals surface area contributed by atoms with Crippen LogP contribution in [0.1, 0.15) is 16.9 Å². The molecule has 0 radical (unpaired) electrons. The van der Waals surface area contributed by atoms with Gasteiger partial charge in [0.15, 0.2) is 5.16 Å². The summed E-state index contributed by atoms with van der Waals surface area (Å²) in [6.07, 6.45) is 3.05. The van der Waals surface area contributed by atoms with Gasteiger partial charge in [-0.25, -0.2) is 4.98 Å². The SMILES string of the molecule is O=C(CSc1nc2sc3c(c2c(=O)n1-c1ccccc1)CCC3)N1CCN(CCO)CC1. The number of aliphatic hydroxyl groups is 1. The van der Waals surface area contributed by atoms with Gasteiger partial charge in [0.25, 0.3) is 5.56 Å². The lowest BCUT2D eigenvalue weighted by molar-refractivity contribution is -0.130. The molecule has 32 heavy (non-hydrogen) atoms. The van der Waals surface area contributed by atoms with E-state index in [4.69, 9.17) is 10.1 Å². The lowest BCUT2D eigenvalue weighted by Crippen LogP contribution is -2.49. The predicted molar refractivity (Wildman–Crippen MR) is 128 cm³/mol. The molecule has 1 aliphatic carbocycles. The summed E-state index contributed by atoms with van der Waals surface area (Å²) in [5, 5.41) is 10.4. The van der Waals surface area contributed by atoms with Crippen LogP contribution in [0.2, 0.25) is 0 Å². The van der Waals surface area contributed by atoms with Crippen molar-refractivity contribution in [3.05, 3.63) is 51.1 Å². The number of nitrogens with zero attached hydrogens (tertiary/aromatic N) is 4. The van der Waals surface area contributed by atoms with Crippen molar-refractivity contribution >= 4 is 39.2 Å². The summed E-state index contributed by atoms with van der Waals surface area (Å²) in [5.41, 5.74) is 1.91. The van der Waals surface area contributed by atoms with Gasteiger partial charge < -0.3 is 10.0 Å². The Labute approximate surface area is 194 Å². The van der Waals surface area contributed by atoms with Crippen LogP contribution in [0.3, 0.4) is 0 Å². The minimum Gasteiger partial charge on any atom is -0.395 e. The largest absolute Gasteiger partial charge is 0.395 e. The highest BCUT2D eigenvalue weighted by Crippen LogP contribution is 2.36. The van der Waals surface area contributed by atoms with E-state index in [0.717, 1.165) is 48.3 Å². The summed E-state index contributed by atoms with van der Waals surface area (Å²) < 4.78 is 1.67. The molecule has 3 heterocycles. The molecular weight excluding hydrogens is 444 g/mol. The normalized spacial score (nSPS) is 16.6. The molecule has 168 valence electrons. The molecule has 0 atom stereocenters. The minimum absolute atomic E-state index is 0.0341. The van der Waals surface area contributed by atoms with E-state index in [0.29, 0.717) is 24.8 Å². The first-order valence-corrected chi connectivity index (χ1v) is 12.8. The Kier molecular flexibility index (Phi) is 6.32. The Balaban J connectivity index is 1.42. The van der Waals surface area contributed by atoms with E-state index in [1.165, 1.54) is 22.2 Å². The Hall–Kier alpha value is -2.20. The number of β-amino-alcohol motifs (C(OH)–C–C–N with tert-alkyl or cyclic N) is 1. The van der Waals surface area contributed by atoms with Gasteiger partial charge in [-0.1, -0.05) is 30.0 Å². The zero-order valence-corrected chi connectivity index (χ0v) is 19.5. The Morgan fingerprint density at radius 2 is 1.91 bits per heavy atom. The van der Waals surface area contributed by atoms with Crippen LogP contribution < -0.4 is 5.56 Å². The van der Waals surface area contributed by atoms with Gasteiger partial charge >= 0.3 is 0 Å². The van der Waals surface area contributed by atoms with E-state index in [9.17, 15) is 9.59 Å². The highest BCUT2D eigenvalue weighted by Gasteiger charge is 2.25. The molecule has 7 nitrogen and oxygen atoms in total. The van der Waals surface area contributed by atoms with Crippen molar-refractivity contribution in [3.63, 3.8) is 0 Å². The number of piperazine rings is 1. The Morgan fingerprint density at radius 3 is 2.66 bits per heavy atom. The van der Waals surface area contributed by atoms with Gasteiger partial charge in [-0.05, 0) is 37.0 Å². The molecule has 9 heteroatoms. The monoisotopic (exact) mass is 470 g/mol. The molecule has 1 N–H and O–H groups in total. The number of fused-ring (bicyclic) bond motifs is 3. The van der Waals surface area contributed by atoms with E-state index in [1.54, 1.807) is 15.9 Å². The summed E-state index contributed by atoms with van der Waals surface area (Å²) in [4.78, 5) is 37.4. The summed E-state index contributed by atoms with van der Waals surface area (Å²) >= 11 is 2.96. The second-order valence-electron chi connectivity index (χ2n) is 8.14. The van der Waals surface area contributed by atoms with Crippen LogP contribution in [0.4, 0.5) is 0 Å². The van der Waals surface area contributed by atoms with Gasteiger partial charge in [-0.15, -0.1) is 11.3 Å². The maximum absolute atomic E-state index is 13.6. The van der Waals surface area contributed by atoms with Crippen LogP contribution in [-0.2, 0) is 17.6 Å². The standard InChI is InChI=1S/C23H26N4O3S2/c28-14-13-25-9-11-26(12-10-25)19(29)15-31-23-24-21-20(17-7-4-8-18(17)32-21)22(30)27(23)16-5-2-1-3-6-16/h1-3,5-6,28H,4,7-15H2. The maximum Gasteiger partial charge on any atom is 0.267 e. The first-order valence-electron chi connectivity index (χ1n) is 11.0. The second kappa shape index (κ2) is 9.35. The fourth-order valence-electron chi connectivity index (χ4n) is 4.51. The van der Waals surface area contributed by atoms with Crippen LogP contribution in [0.25, 0.3) is 15.9 Å². The number of carbonyl (C=O) groups excluding carboxylic acids is 1. The third kappa shape index (κ3) is 4.10. The number of thioether (sulfide) groups is 1. The van der Waals surface area contributed by atoms with Crippen molar-refractivity contribution < 1.29 is 9.90 Å². The van der Waals surface area contributed by atoms with Gasteiger partial charge in [0, 0.05) is 37.6 Å². The lowest BCUT2D eigenvalue weighted by atomic mass is 10.2. The summed E-state index contributed by atoms with van der Waals surface area (Å²) in [6, 6.07) is 9.57. The third-order valence-electron chi connectivity index (χ3n) is 6.19. The second-order valence-corrected chi connectivity index (χ2v) is 10.2. The number of aromatic nitrogens is 2. The quantitative estimate of drug-likeness (QED) is 0.439. The molecule has 1 aliphatic heterocycles. The zero-order chi connectivity index (χ0) is 22.1. The topological polar surface area (TPSA) is 78.7 Å². The van der Waals surface area contributed by atoms with E-state index in [1.807, 2.05) is 35.2 Å². The average Bonchev–Trinajstić information content (AvgIpc) is 3.40. The molecule has 0 spiro atoms. The molecule has 2 aliphatic rings. The summed E-state index contributed by atoms with van der Waals surface area (Å²) in [6.45, 7) is 3.66. The fraction of sp³-hybridized carbons (Fsp3) is 0.435. The van der Waals surface area contributed by atoms with Crippen molar-refractivity contribution in [2.24, 2.45) is 0 Å². The molecule has 1 fully saturated rings. The van der Waals surface area contributed by atoms with E-state index < -0.39 is 0 Å². The highest BCUT2D eigenvalue weighted by atomic mass is 32.2. The first-order chi connectivity index (χ1) is 15.7. The van der Waals surface area contributed by atoms with Gasteiger partial charge in [0.1, 0.15) is 4.83 Å². The number of thiophene rings is 1. The van der Waals surface area contributed by atoms with Crippen molar-refractivity contribution in [1.82, 2.24) is 19.4 Å². The number of aryl methyl sites for hydroxylation is 2. The van der Waals surface area contributed by atoms with Crippen LogP contribution in [0.5, 0.6) is 0 Å². The lowest BCUT2D eigenvalue weighted by Gasteiger charge is -2.34. The number of carbonyl (C=O) groups is 1. The van der Waals surface area contributed by atoms with Gasteiger partial charge in [-0.3, -0.25) is 19.1 Å². The van der Waals surface area contributed by atoms with Crippen LogP contribution in [-0.4, -0.2) is 75.4 Å². The van der Waals surface area contributed by atoms with Crippen LogP contribution in [0, 0.1) is 0 Å². The molecular formula is C23H26N4O3S2. The summed E-state index contributed by atoms with van der Waals surface area (Å²) in [7, 11) is 0. The van der Waals surface area contributed by atoms with Crippen molar-refractivity contribution in [1.29, 1.82) is 0 Å². The van der Waals surface area contributed by atoms with Crippen molar-refractivity contribution in [2.75, 3.05) is 45.1 Å². The van der Waals surface area contributed by atoms with Gasteiger partial charge in [0.2, 0.25) is 5.91 Å². The molecule has 1 saturated heterocycles. The molecule has 0 unspecified atom stereocenters. The van der Waals surface area contributed by atoms with E-state index in [2.05, 4.69) is 4.90 Å². The molecule has 1 aromatic carbocycles. The van der Waals surface area contributed by atoms with Crippen LogP contribution in [0.15, 0.2) is 40.3 Å². The predicted octanol–water partition coefficient (Wildman–Crippen LogP) is 2.16. The smallest absolute Gasteiger partial charge is 0.267 e. The highest BCUT2D eigenvalue weighted by molar-refractivity contribution is 7.99. The minimum atomic E-state index is -0.0341. The summed E-state index contributed by atoms with van der Waals surface area (Å²) in [5.74, 6) is 0.303. The number of amides is 1. The number of hydrogen-bond donors (Lipinski definition) is 1. The Bertz CT molecular complexity index is 1180. The van der Waals surface area contributed by atoms with E-state index >= 15 is 0 Å². The first kappa shape index (κ1) is 21.6. The molecule has 5 rings (SSSR count). The molecule has 3 aromatic rings.